The van der Waals surface area contributed by atoms with E-state index >= 15 is 0 Å². The summed E-state index contributed by atoms with van der Waals surface area (Å²) < 4.78 is 10.6. The lowest BCUT2D eigenvalue weighted by molar-refractivity contribution is -0.113. The standard InChI is InChI=1S/C23H24N2O4S/c1-4-28-17-10-11-19-16(13-17)12-15(3)22(25-19)30-14-21(26)24-20-9-7-6-8-18(20)23(27)29-5-2/h6-13H,4-5,14H2,1-3H3,(H,24,26). The number of esters is 1. The minimum atomic E-state index is -0.459. The van der Waals surface area contributed by atoms with Crippen LogP contribution < -0.4 is 10.1 Å². The summed E-state index contributed by atoms with van der Waals surface area (Å²) in [7, 11) is 0. The summed E-state index contributed by atoms with van der Waals surface area (Å²) in [4.78, 5) is 29.2. The van der Waals surface area contributed by atoms with Crippen LogP contribution in [-0.2, 0) is 9.53 Å². The van der Waals surface area contributed by atoms with Crippen LogP contribution in [0.4, 0.5) is 5.69 Å². The topological polar surface area (TPSA) is 77.5 Å². The predicted octanol–water partition coefficient (Wildman–Crippen LogP) is 4.85. The Morgan fingerprint density at radius 1 is 1.07 bits per heavy atom. The largest absolute Gasteiger partial charge is 0.494 e. The Balaban J connectivity index is 1.69. The van der Waals surface area contributed by atoms with Crippen LogP contribution in [0.1, 0.15) is 29.8 Å². The summed E-state index contributed by atoms with van der Waals surface area (Å²) in [5.41, 5.74) is 2.61. The average molecular weight is 425 g/mol. The molecule has 0 radical (unpaired) electrons. The van der Waals surface area contributed by atoms with E-state index in [0.29, 0.717) is 17.9 Å². The van der Waals surface area contributed by atoms with Gasteiger partial charge in [-0.05, 0) is 62.7 Å². The first-order chi connectivity index (χ1) is 14.5. The van der Waals surface area contributed by atoms with Crippen molar-refractivity contribution in [3.05, 3.63) is 59.7 Å². The third-order valence-electron chi connectivity index (χ3n) is 4.28. The van der Waals surface area contributed by atoms with Crippen LogP contribution in [0.5, 0.6) is 5.75 Å². The Hall–Kier alpha value is -3.06. The van der Waals surface area contributed by atoms with E-state index in [9.17, 15) is 9.59 Å². The molecule has 0 bridgehead atoms. The van der Waals surface area contributed by atoms with E-state index in [0.717, 1.165) is 27.2 Å². The van der Waals surface area contributed by atoms with Gasteiger partial charge < -0.3 is 14.8 Å². The van der Waals surface area contributed by atoms with Crippen molar-refractivity contribution in [1.82, 2.24) is 4.98 Å². The minimum absolute atomic E-state index is 0.174. The van der Waals surface area contributed by atoms with Crippen molar-refractivity contribution in [1.29, 1.82) is 0 Å². The molecule has 0 spiro atoms. The van der Waals surface area contributed by atoms with Crippen LogP contribution in [0.3, 0.4) is 0 Å². The summed E-state index contributed by atoms with van der Waals surface area (Å²) in [6.45, 7) is 6.54. The van der Waals surface area contributed by atoms with Crippen LogP contribution in [-0.4, -0.2) is 35.8 Å². The summed E-state index contributed by atoms with van der Waals surface area (Å²) >= 11 is 1.36. The molecular weight excluding hydrogens is 400 g/mol. The monoisotopic (exact) mass is 424 g/mol. The van der Waals surface area contributed by atoms with Gasteiger partial charge in [-0.15, -0.1) is 0 Å². The van der Waals surface area contributed by atoms with Gasteiger partial charge in [-0.1, -0.05) is 23.9 Å². The first-order valence-corrected chi connectivity index (χ1v) is 10.7. The van der Waals surface area contributed by atoms with E-state index < -0.39 is 5.97 Å². The fourth-order valence-corrected chi connectivity index (χ4v) is 3.73. The van der Waals surface area contributed by atoms with Gasteiger partial charge in [-0.25, -0.2) is 9.78 Å². The van der Waals surface area contributed by atoms with Crippen LogP contribution in [0, 0.1) is 6.92 Å². The summed E-state index contributed by atoms with van der Waals surface area (Å²) in [6, 6.07) is 14.6. The molecular formula is C23H24N2O4S. The highest BCUT2D eigenvalue weighted by atomic mass is 32.2. The number of carbonyl (C=O) groups is 2. The minimum Gasteiger partial charge on any atom is -0.494 e. The Morgan fingerprint density at radius 2 is 1.87 bits per heavy atom. The second kappa shape index (κ2) is 10.1. The molecule has 1 aromatic heterocycles. The number of amides is 1. The molecule has 0 atom stereocenters. The average Bonchev–Trinajstić information content (AvgIpc) is 2.73. The summed E-state index contributed by atoms with van der Waals surface area (Å²) in [5.74, 6) is 0.309. The van der Waals surface area contributed by atoms with Crippen molar-refractivity contribution >= 4 is 40.2 Å². The molecule has 3 rings (SSSR count). The van der Waals surface area contributed by atoms with E-state index in [4.69, 9.17) is 9.47 Å². The zero-order valence-corrected chi connectivity index (χ0v) is 18.0. The van der Waals surface area contributed by atoms with Crippen molar-refractivity contribution in [3.8, 4) is 5.75 Å². The van der Waals surface area contributed by atoms with Gasteiger partial charge in [-0.3, -0.25) is 4.79 Å². The number of hydrogen-bond donors (Lipinski definition) is 1. The summed E-state index contributed by atoms with van der Waals surface area (Å²) in [5, 5.41) is 4.58. The molecule has 30 heavy (non-hydrogen) atoms. The molecule has 7 heteroatoms. The molecule has 156 valence electrons. The van der Waals surface area contributed by atoms with Crippen molar-refractivity contribution in [2.24, 2.45) is 0 Å². The molecule has 0 aliphatic heterocycles. The molecule has 0 saturated heterocycles. The number of benzene rings is 2. The zero-order valence-electron chi connectivity index (χ0n) is 17.2. The lowest BCUT2D eigenvalue weighted by Gasteiger charge is -2.11. The molecule has 1 amide bonds. The molecule has 3 aromatic rings. The molecule has 1 heterocycles. The fourth-order valence-electron chi connectivity index (χ4n) is 2.94. The maximum Gasteiger partial charge on any atom is 0.340 e. The number of rotatable bonds is 8. The molecule has 6 nitrogen and oxygen atoms in total. The smallest absolute Gasteiger partial charge is 0.340 e. The third kappa shape index (κ3) is 5.30. The molecule has 0 aliphatic rings. The number of nitrogens with one attached hydrogen (secondary N) is 1. The molecule has 1 N–H and O–H groups in total. The number of thioether (sulfide) groups is 1. The van der Waals surface area contributed by atoms with Crippen molar-refractivity contribution in [3.63, 3.8) is 0 Å². The van der Waals surface area contributed by atoms with Gasteiger partial charge in [0.2, 0.25) is 5.91 Å². The Kier molecular flexibility index (Phi) is 7.30. The van der Waals surface area contributed by atoms with E-state index in [1.807, 2.05) is 38.1 Å². The number of para-hydroxylation sites is 1. The van der Waals surface area contributed by atoms with Gasteiger partial charge in [0.05, 0.1) is 35.7 Å². The number of fused-ring (bicyclic) bond motifs is 1. The predicted molar refractivity (Wildman–Crippen MR) is 119 cm³/mol. The maximum atomic E-state index is 12.5. The quantitative estimate of drug-likeness (QED) is 0.411. The van der Waals surface area contributed by atoms with Crippen molar-refractivity contribution in [2.45, 2.75) is 25.8 Å². The van der Waals surface area contributed by atoms with Crippen molar-refractivity contribution in [2.75, 3.05) is 24.3 Å². The summed E-state index contributed by atoms with van der Waals surface area (Å²) in [6.07, 6.45) is 0. The van der Waals surface area contributed by atoms with Gasteiger partial charge in [0.1, 0.15) is 10.8 Å². The lowest BCUT2D eigenvalue weighted by atomic mass is 10.1. The molecule has 0 fully saturated rings. The Labute approximate surface area is 180 Å². The number of pyridine rings is 1. The van der Waals surface area contributed by atoms with E-state index in [2.05, 4.69) is 10.3 Å². The number of ether oxygens (including phenoxy) is 2. The van der Waals surface area contributed by atoms with Crippen LogP contribution in [0.15, 0.2) is 53.6 Å². The highest BCUT2D eigenvalue weighted by molar-refractivity contribution is 8.00. The normalized spacial score (nSPS) is 10.6. The first kappa shape index (κ1) is 21.6. The third-order valence-corrected chi connectivity index (χ3v) is 5.37. The van der Waals surface area contributed by atoms with Crippen LogP contribution in [0.25, 0.3) is 10.9 Å². The highest BCUT2D eigenvalue weighted by Gasteiger charge is 2.15. The van der Waals surface area contributed by atoms with E-state index in [-0.39, 0.29) is 18.3 Å². The van der Waals surface area contributed by atoms with Crippen molar-refractivity contribution < 1.29 is 19.1 Å². The second-order valence-corrected chi connectivity index (χ2v) is 7.46. The number of aromatic nitrogens is 1. The molecule has 0 saturated carbocycles. The number of nitrogens with zero attached hydrogens (tertiary/aromatic N) is 1. The lowest BCUT2D eigenvalue weighted by Crippen LogP contribution is -2.17. The van der Waals surface area contributed by atoms with Crippen LogP contribution >= 0.6 is 11.8 Å². The SMILES string of the molecule is CCOC(=O)c1ccccc1NC(=O)CSc1nc2ccc(OCC)cc2cc1C. The molecule has 0 unspecified atom stereocenters. The number of carbonyl (C=O) groups excluding carboxylic acids is 2. The number of hydrogen-bond acceptors (Lipinski definition) is 6. The van der Waals surface area contributed by atoms with Gasteiger partial charge in [0.15, 0.2) is 0 Å². The van der Waals surface area contributed by atoms with Gasteiger partial charge >= 0.3 is 5.97 Å². The highest BCUT2D eigenvalue weighted by Crippen LogP contribution is 2.27. The first-order valence-electron chi connectivity index (χ1n) is 9.74. The van der Waals surface area contributed by atoms with Gasteiger partial charge in [0, 0.05) is 5.39 Å². The number of aryl methyl sites for hydroxylation is 1. The molecule has 0 aliphatic carbocycles. The van der Waals surface area contributed by atoms with Gasteiger partial charge in [0.25, 0.3) is 0 Å². The maximum absolute atomic E-state index is 12.5. The second-order valence-electron chi connectivity index (χ2n) is 6.50. The Bertz CT molecular complexity index is 1070. The Morgan fingerprint density at radius 3 is 2.63 bits per heavy atom. The number of anilines is 1. The zero-order chi connectivity index (χ0) is 21.5. The van der Waals surface area contributed by atoms with E-state index in [1.165, 1.54) is 11.8 Å². The van der Waals surface area contributed by atoms with E-state index in [1.54, 1.807) is 31.2 Å². The molecule has 2 aromatic carbocycles. The van der Waals surface area contributed by atoms with Gasteiger partial charge in [-0.2, -0.15) is 0 Å². The fraction of sp³-hybridized carbons (Fsp3) is 0.261. The van der Waals surface area contributed by atoms with Crippen LogP contribution in [0.2, 0.25) is 0 Å².